The SMILES string of the molecule is CCCCCCCCC(CC(=O)O[Si](C)(C)C(C)(C)C)O[Si](C)(C)C(C)(C)C. The molecule has 5 heteroatoms. The minimum Gasteiger partial charge on any atom is -0.519 e. The van der Waals surface area contributed by atoms with Crippen LogP contribution in [0.25, 0.3) is 0 Å². The molecule has 0 N–H and O–H groups in total. The van der Waals surface area contributed by atoms with Crippen molar-refractivity contribution in [1.29, 1.82) is 0 Å². The average Bonchev–Trinajstić information content (AvgIpc) is 2.47. The van der Waals surface area contributed by atoms with Gasteiger partial charge in [-0.3, -0.25) is 4.79 Å². The van der Waals surface area contributed by atoms with Crippen molar-refractivity contribution in [3.8, 4) is 0 Å². The zero-order valence-corrected chi connectivity index (χ0v) is 23.0. The summed E-state index contributed by atoms with van der Waals surface area (Å²) in [6.07, 6.45) is 8.92. The lowest BCUT2D eigenvalue weighted by atomic mass is 10.1. The Morgan fingerprint density at radius 2 is 1.25 bits per heavy atom. The number of hydrogen-bond donors (Lipinski definition) is 0. The van der Waals surface area contributed by atoms with Gasteiger partial charge in [-0.1, -0.05) is 87.0 Å². The predicted octanol–water partition coefficient (Wildman–Crippen LogP) is 8.07. The third-order valence-corrected chi connectivity index (χ3v) is 15.6. The minimum atomic E-state index is -2.08. The van der Waals surface area contributed by atoms with Gasteiger partial charge in [0, 0.05) is 0 Å². The Morgan fingerprint density at radius 1 is 0.786 bits per heavy atom. The number of hydrogen-bond acceptors (Lipinski definition) is 3. The highest BCUT2D eigenvalue weighted by atomic mass is 28.4. The van der Waals surface area contributed by atoms with Crippen LogP contribution < -0.4 is 0 Å². The van der Waals surface area contributed by atoms with Gasteiger partial charge >= 0.3 is 0 Å². The molecule has 0 aliphatic carbocycles. The minimum absolute atomic E-state index is 0.00987. The van der Waals surface area contributed by atoms with Crippen molar-refractivity contribution in [3.63, 3.8) is 0 Å². The molecule has 1 atom stereocenters. The Balaban J connectivity index is 4.95. The Kier molecular flexibility index (Phi) is 11.3. The van der Waals surface area contributed by atoms with Crippen LogP contribution in [0.3, 0.4) is 0 Å². The molecule has 3 nitrogen and oxygen atoms in total. The van der Waals surface area contributed by atoms with E-state index in [4.69, 9.17) is 8.85 Å². The van der Waals surface area contributed by atoms with E-state index in [1.165, 1.54) is 32.1 Å². The van der Waals surface area contributed by atoms with E-state index in [1.807, 2.05) is 0 Å². The molecule has 0 radical (unpaired) electrons. The van der Waals surface area contributed by atoms with E-state index in [9.17, 15) is 4.79 Å². The lowest BCUT2D eigenvalue weighted by molar-refractivity contribution is -0.137. The number of carbonyl (C=O) groups excluding carboxylic acids is 1. The fraction of sp³-hybridized carbons (Fsp3) is 0.957. The molecule has 0 aromatic carbocycles. The summed E-state index contributed by atoms with van der Waals surface area (Å²) in [6, 6.07) is 0. The molecule has 0 aliphatic heterocycles. The molecule has 1 unspecified atom stereocenters. The summed E-state index contributed by atoms with van der Waals surface area (Å²) in [5.41, 5.74) is 0. The summed E-state index contributed by atoms with van der Waals surface area (Å²) in [6.45, 7) is 24.4. The maximum Gasteiger partial charge on any atom is 0.295 e. The van der Waals surface area contributed by atoms with Gasteiger partial charge in [0.05, 0.1) is 12.5 Å². The number of unbranched alkanes of at least 4 members (excludes halogenated alkanes) is 5. The molecule has 0 aromatic rings. The largest absolute Gasteiger partial charge is 0.519 e. The van der Waals surface area contributed by atoms with Crippen LogP contribution in [-0.2, 0) is 13.6 Å². The molecule has 0 heterocycles. The van der Waals surface area contributed by atoms with E-state index in [1.54, 1.807) is 0 Å². The Hall–Kier alpha value is -0.136. The molecule has 0 aliphatic rings. The summed E-state index contributed by atoms with van der Waals surface area (Å²) >= 11 is 0. The van der Waals surface area contributed by atoms with Crippen LogP contribution in [0.5, 0.6) is 0 Å². The van der Waals surface area contributed by atoms with Gasteiger partial charge in [-0.15, -0.1) is 0 Å². The highest BCUT2D eigenvalue weighted by Crippen LogP contribution is 2.39. The first-order valence-corrected chi connectivity index (χ1v) is 17.2. The van der Waals surface area contributed by atoms with Crippen LogP contribution in [0, 0.1) is 0 Å². The second kappa shape index (κ2) is 11.3. The quantitative estimate of drug-likeness (QED) is 0.232. The van der Waals surface area contributed by atoms with Gasteiger partial charge in [-0.25, -0.2) is 0 Å². The topological polar surface area (TPSA) is 35.5 Å². The third-order valence-electron chi connectivity index (χ3n) is 6.72. The summed E-state index contributed by atoms with van der Waals surface area (Å²) < 4.78 is 12.7. The molecule has 0 fully saturated rings. The van der Waals surface area contributed by atoms with Crippen molar-refractivity contribution < 1.29 is 13.6 Å². The van der Waals surface area contributed by atoms with Gasteiger partial charge in [0.15, 0.2) is 8.32 Å². The van der Waals surface area contributed by atoms with E-state index < -0.39 is 16.6 Å². The van der Waals surface area contributed by atoms with E-state index in [2.05, 4.69) is 74.7 Å². The van der Waals surface area contributed by atoms with E-state index in [-0.39, 0.29) is 22.1 Å². The smallest absolute Gasteiger partial charge is 0.295 e. The fourth-order valence-corrected chi connectivity index (χ4v) is 4.96. The highest BCUT2D eigenvalue weighted by molar-refractivity contribution is 6.75. The number of rotatable bonds is 12. The lowest BCUT2D eigenvalue weighted by Gasteiger charge is -2.40. The second-order valence-corrected chi connectivity index (χ2v) is 21.0. The van der Waals surface area contributed by atoms with Crippen molar-refractivity contribution in [1.82, 2.24) is 0 Å². The van der Waals surface area contributed by atoms with Crippen molar-refractivity contribution in [3.05, 3.63) is 0 Å². The molecule has 0 bridgehead atoms. The molecule has 0 amide bonds. The van der Waals surface area contributed by atoms with Gasteiger partial charge in [0.2, 0.25) is 0 Å². The summed E-state index contributed by atoms with van der Waals surface area (Å²) in [4.78, 5) is 12.8. The van der Waals surface area contributed by atoms with Crippen molar-refractivity contribution in [2.45, 2.75) is 142 Å². The molecule has 168 valence electrons. The monoisotopic (exact) mass is 430 g/mol. The molecular weight excluding hydrogens is 380 g/mol. The average molecular weight is 431 g/mol. The van der Waals surface area contributed by atoms with E-state index in [0.717, 1.165) is 12.8 Å². The van der Waals surface area contributed by atoms with Crippen molar-refractivity contribution in [2.24, 2.45) is 0 Å². The van der Waals surface area contributed by atoms with Crippen LogP contribution in [0.1, 0.15) is 99.8 Å². The van der Waals surface area contributed by atoms with Gasteiger partial charge in [-0.05, 0) is 42.7 Å². The van der Waals surface area contributed by atoms with Crippen LogP contribution >= 0.6 is 0 Å². The first kappa shape index (κ1) is 27.9. The van der Waals surface area contributed by atoms with Crippen LogP contribution in [0.15, 0.2) is 0 Å². The molecule has 28 heavy (non-hydrogen) atoms. The van der Waals surface area contributed by atoms with E-state index >= 15 is 0 Å². The van der Waals surface area contributed by atoms with Crippen LogP contribution in [-0.4, -0.2) is 28.7 Å². The molecule has 0 saturated heterocycles. The van der Waals surface area contributed by atoms with Gasteiger partial charge in [0.1, 0.15) is 0 Å². The van der Waals surface area contributed by atoms with E-state index in [0.29, 0.717) is 6.42 Å². The zero-order valence-electron chi connectivity index (χ0n) is 21.0. The predicted molar refractivity (Wildman–Crippen MR) is 128 cm³/mol. The lowest BCUT2D eigenvalue weighted by Crippen LogP contribution is -2.46. The summed E-state index contributed by atoms with van der Waals surface area (Å²) in [5.74, 6) is -0.0683. The zero-order chi connectivity index (χ0) is 22.2. The number of carbonyl (C=O) groups is 1. The Morgan fingerprint density at radius 3 is 1.71 bits per heavy atom. The fourth-order valence-electron chi connectivity index (χ4n) is 2.61. The summed E-state index contributed by atoms with van der Waals surface area (Å²) in [5, 5.41) is 0.188. The van der Waals surface area contributed by atoms with Gasteiger partial charge < -0.3 is 8.85 Å². The standard InChI is InChI=1S/C23H50O3Si2/c1-12-13-14-15-16-17-18-20(25-27(8,9)22(2,3)4)19-21(24)26-28(10,11)23(5,6)7/h20H,12-19H2,1-11H3. The molecule has 0 spiro atoms. The maximum atomic E-state index is 12.8. The Labute approximate surface area is 178 Å². The Bertz CT molecular complexity index is 459. The van der Waals surface area contributed by atoms with Gasteiger partial charge in [0.25, 0.3) is 14.3 Å². The van der Waals surface area contributed by atoms with Gasteiger partial charge in [-0.2, -0.15) is 0 Å². The van der Waals surface area contributed by atoms with Crippen molar-refractivity contribution in [2.75, 3.05) is 0 Å². The maximum absolute atomic E-state index is 12.8. The summed E-state index contributed by atoms with van der Waals surface area (Å²) in [7, 11) is -3.98. The molecule has 0 rings (SSSR count). The third kappa shape index (κ3) is 10.1. The molecule has 0 aromatic heterocycles. The molecule has 0 saturated carbocycles. The first-order valence-electron chi connectivity index (χ1n) is 11.4. The second-order valence-electron chi connectivity index (χ2n) is 11.5. The normalized spacial score (nSPS) is 14.8. The van der Waals surface area contributed by atoms with Crippen LogP contribution in [0.4, 0.5) is 0 Å². The highest BCUT2D eigenvalue weighted by Gasteiger charge is 2.42. The van der Waals surface area contributed by atoms with Crippen LogP contribution in [0.2, 0.25) is 36.3 Å². The van der Waals surface area contributed by atoms with Crippen molar-refractivity contribution >= 4 is 22.6 Å². The first-order chi connectivity index (χ1) is 12.5. The molecular formula is C23H50O3Si2.